The number of imidazole rings is 1. The lowest BCUT2D eigenvalue weighted by Crippen LogP contribution is -2.44. The first-order valence-electron chi connectivity index (χ1n) is 7.86. The number of halogens is 3. The van der Waals surface area contributed by atoms with Crippen molar-refractivity contribution in [3.8, 4) is 11.5 Å². The molecule has 4 rings (SSSR count). The van der Waals surface area contributed by atoms with Crippen molar-refractivity contribution in [1.82, 2.24) is 19.9 Å². The average molecular weight is 367 g/mol. The Morgan fingerprint density at radius 3 is 2.56 bits per heavy atom. The standard InChI is InChI=1S/C16H16F3N5S/c1-23-4-6-24(7-5-23)10-2-3-11-12(8-10)21-14(20-11)13-9-25-15(22-13)16(17,18)19/h2-3,8-9H,4-7H2,1H3,(H,20,21). The number of piperazine rings is 1. The maximum absolute atomic E-state index is 12.7. The molecule has 1 N–H and O–H groups in total. The van der Waals surface area contributed by atoms with Crippen molar-refractivity contribution in [3.05, 3.63) is 28.6 Å². The lowest BCUT2D eigenvalue weighted by atomic mass is 10.2. The Hall–Kier alpha value is -2.13. The summed E-state index contributed by atoms with van der Waals surface area (Å²) in [6, 6.07) is 5.88. The summed E-state index contributed by atoms with van der Waals surface area (Å²) in [6.07, 6.45) is -4.43. The largest absolute Gasteiger partial charge is 0.443 e. The molecule has 9 heteroatoms. The van der Waals surface area contributed by atoms with Gasteiger partial charge in [-0.05, 0) is 25.2 Å². The van der Waals surface area contributed by atoms with Gasteiger partial charge in [-0.15, -0.1) is 11.3 Å². The molecule has 0 atom stereocenters. The van der Waals surface area contributed by atoms with Gasteiger partial charge >= 0.3 is 6.18 Å². The third-order valence-electron chi connectivity index (χ3n) is 4.32. The number of thiazole rings is 1. The molecule has 25 heavy (non-hydrogen) atoms. The fourth-order valence-corrected chi connectivity index (χ4v) is 3.57. The van der Waals surface area contributed by atoms with Crippen LogP contribution >= 0.6 is 11.3 Å². The monoisotopic (exact) mass is 367 g/mol. The van der Waals surface area contributed by atoms with Gasteiger partial charge in [-0.1, -0.05) is 0 Å². The zero-order chi connectivity index (χ0) is 17.6. The molecule has 1 aliphatic heterocycles. The molecule has 0 aliphatic carbocycles. The molecule has 0 spiro atoms. The van der Waals surface area contributed by atoms with Crippen LogP contribution in [-0.4, -0.2) is 53.1 Å². The maximum Gasteiger partial charge on any atom is 0.443 e. The number of aromatic amines is 1. The third-order valence-corrected chi connectivity index (χ3v) is 5.21. The molecule has 3 aromatic rings. The number of fused-ring (bicyclic) bond motifs is 1. The van der Waals surface area contributed by atoms with E-state index in [2.05, 4.69) is 31.8 Å². The van der Waals surface area contributed by atoms with E-state index >= 15 is 0 Å². The van der Waals surface area contributed by atoms with E-state index in [1.165, 1.54) is 5.38 Å². The maximum atomic E-state index is 12.7. The highest BCUT2D eigenvalue weighted by Gasteiger charge is 2.34. The van der Waals surface area contributed by atoms with Crippen molar-refractivity contribution < 1.29 is 13.2 Å². The van der Waals surface area contributed by atoms with E-state index in [0.717, 1.165) is 42.9 Å². The summed E-state index contributed by atoms with van der Waals surface area (Å²) >= 11 is 0.578. The normalized spacial score (nSPS) is 16.7. The SMILES string of the molecule is CN1CCN(c2ccc3nc(-c4csc(C(F)(F)F)n4)[nH]c3c2)CC1. The van der Waals surface area contributed by atoms with Crippen molar-refractivity contribution >= 4 is 28.1 Å². The molecule has 1 aromatic carbocycles. The van der Waals surface area contributed by atoms with E-state index in [9.17, 15) is 13.2 Å². The number of anilines is 1. The van der Waals surface area contributed by atoms with Gasteiger partial charge in [0.1, 0.15) is 5.69 Å². The Bertz CT molecular complexity index is 893. The number of benzene rings is 1. The Kier molecular flexibility index (Phi) is 3.92. The van der Waals surface area contributed by atoms with Crippen LogP contribution in [0.4, 0.5) is 18.9 Å². The molecule has 0 saturated carbocycles. The second-order valence-electron chi connectivity index (χ2n) is 6.11. The fourth-order valence-electron chi connectivity index (χ4n) is 2.89. The van der Waals surface area contributed by atoms with Gasteiger partial charge in [-0.25, -0.2) is 9.97 Å². The Balaban J connectivity index is 1.63. The fraction of sp³-hybridized carbons (Fsp3) is 0.375. The number of alkyl halides is 3. The number of nitrogens with one attached hydrogen (secondary N) is 1. The van der Waals surface area contributed by atoms with Crippen molar-refractivity contribution in [1.29, 1.82) is 0 Å². The van der Waals surface area contributed by atoms with Gasteiger partial charge in [0.15, 0.2) is 10.8 Å². The van der Waals surface area contributed by atoms with Crippen molar-refractivity contribution in [2.45, 2.75) is 6.18 Å². The van der Waals surface area contributed by atoms with E-state index in [1.807, 2.05) is 18.2 Å². The Labute approximate surface area is 146 Å². The Morgan fingerprint density at radius 1 is 1.12 bits per heavy atom. The number of rotatable bonds is 2. The first kappa shape index (κ1) is 16.3. The number of aromatic nitrogens is 3. The summed E-state index contributed by atoms with van der Waals surface area (Å²) in [5, 5.41) is 0.517. The van der Waals surface area contributed by atoms with Crippen LogP contribution in [0, 0.1) is 0 Å². The molecule has 2 aromatic heterocycles. The number of nitrogens with zero attached hydrogens (tertiary/aromatic N) is 4. The summed E-state index contributed by atoms with van der Waals surface area (Å²) in [6.45, 7) is 3.91. The van der Waals surface area contributed by atoms with Gasteiger partial charge in [0, 0.05) is 37.2 Å². The molecule has 1 saturated heterocycles. The van der Waals surface area contributed by atoms with Crippen LogP contribution in [0.1, 0.15) is 5.01 Å². The first-order valence-corrected chi connectivity index (χ1v) is 8.74. The molecular weight excluding hydrogens is 351 g/mol. The minimum atomic E-state index is -4.43. The zero-order valence-electron chi connectivity index (χ0n) is 13.5. The highest BCUT2D eigenvalue weighted by Crippen LogP contribution is 2.34. The minimum Gasteiger partial charge on any atom is -0.369 e. The van der Waals surface area contributed by atoms with Crippen LogP contribution in [0.25, 0.3) is 22.6 Å². The zero-order valence-corrected chi connectivity index (χ0v) is 14.3. The van der Waals surface area contributed by atoms with E-state index < -0.39 is 11.2 Å². The quantitative estimate of drug-likeness (QED) is 0.754. The summed E-state index contributed by atoms with van der Waals surface area (Å²) < 4.78 is 38.1. The highest BCUT2D eigenvalue weighted by molar-refractivity contribution is 7.10. The van der Waals surface area contributed by atoms with E-state index in [4.69, 9.17) is 0 Å². The summed E-state index contributed by atoms with van der Waals surface area (Å²) in [5.41, 5.74) is 2.82. The Morgan fingerprint density at radius 2 is 1.88 bits per heavy atom. The second-order valence-corrected chi connectivity index (χ2v) is 6.97. The molecule has 132 valence electrons. The van der Waals surface area contributed by atoms with Crippen LogP contribution in [-0.2, 0) is 6.18 Å². The molecule has 3 heterocycles. The lowest BCUT2D eigenvalue weighted by molar-refractivity contribution is -0.137. The van der Waals surface area contributed by atoms with Gasteiger partial charge in [0.05, 0.1) is 11.0 Å². The predicted molar refractivity (Wildman–Crippen MR) is 91.9 cm³/mol. The lowest BCUT2D eigenvalue weighted by Gasteiger charge is -2.34. The number of H-pyrrole nitrogens is 1. The van der Waals surface area contributed by atoms with Crippen LogP contribution in [0.2, 0.25) is 0 Å². The topological polar surface area (TPSA) is 48.1 Å². The molecule has 0 unspecified atom stereocenters. The highest BCUT2D eigenvalue weighted by atomic mass is 32.1. The van der Waals surface area contributed by atoms with Crippen LogP contribution in [0.15, 0.2) is 23.6 Å². The third kappa shape index (κ3) is 3.21. The first-order chi connectivity index (χ1) is 11.9. The van der Waals surface area contributed by atoms with E-state index in [-0.39, 0.29) is 5.69 Å². The molecule has 0 radical (unpaired) electrons. The van der Waals surface area contributed by atoms with Crippen LogP contribution in [0.3, 0.4) is 0 Å². The van der Waals surface area contributed by atoms with Crippen molar-refractivity contribution in [2.24, 2.45) is 0 Å². The average Bonchev–Trinajstić information content (AvgIpc) is 3.21. The van der Waals surface area contributed by atoms with Gasteiger partial charge in [-0.3, -0.25) is 0 Å². The minimum absolute atomic E-state index is 0.217. The molecule has 1 fully saturated rings. The van der Waals surface area contributed by atoms with Crippen molar-refractivity contribution in [3.63, 3.8) is 0 Å². The summed E-state index contributed by atoms with van der Waals surface area (Å²) in [7, 11) is 2.10. The van der Waals surface area contributed by atoms with Gasteiger partial charge in [0.25, 0.3) is 0 Å². The predicted octanol–water partition coefficient (Wildman–Crippen LogP) is 3.46. The molecule has 0 amide bonds. The molecule has 1 aliphatic rings. The molecular formula is C16H16F3N5S. The smallest absolute Gasteiger partial charge is 0.369 e. The number of hydrogen-bond donors (Lipinski definition) is 1. The van der Waals surface area contributed by atoms with Crippen molar-refractivity contribution in [2.75, 3.05) is 38.1 Å². The molecule has 5 nitrogen and oxygen atoms in total. The number of hydrogen-bond acceptors (Lipinski definition) is 5. The molecule has 0 bridgehead atoms. The number of likely N-dealkylation sites (N-methyl/N-ethyl adjacent to an activating group) is 1. The second kappa shape index (κ2) is 5.99. The van der Waals surface area contributed by atoms with Gasteiger partial charge in [0.2, 0.25) is 0 Å². The van der Waals surface area contributed by atoms with E-state index in [0.29, 0.717) is 17.2 Å². The van der Waals surface area contributed by atoms with Gasteiger partial charge < -0.3 is 14.8 Å². The van der Waals surface area contributed by atoms with Gasteiger partial charge in [-0.2, -0.15) is 13.2 Å². The van der Waals surface area contributed by atoms with Crippen LogP contribution < -0.4 is 4.90 Å². The summed E-state index contributed by atoms with van der Waals surface area (Å²) in [5.74, 6) is 0.359. The van der Waals surface area contributed by atoms with Crippen LogP contribution in [0.5, 0.6) is 0 Å². The van der Waals surface area contributed by atoms with E-state index in [1.54, 1.807) is 0 Å². The summed E-state index contributed by atoms with van der Waals surface area (Å²) in [4.78, 5) is 15.7.